The summed E-state index contributed by atoms with van der Waals surface area (Å²) in [6.07, 6.45) is 5.84. The molecule has 2 fully saturated rings. The summed E-state index contributed by atoms with van der Waals surface area (Å²) in [4.78, 5) is 14.0. The highest BCUT2D eigenvalue weighted by Crippen LogP contribution is 2.27. The van der Waals surface area contributed by atoms with Crippen LogP contribution in [0.1, 0.15) is 32.1 Å². The topological polar surface area (TPSA) is 32.3 Å². The van der Waals surface area contributed by atoms with Crippen LogP contribution in [0.4, 0.5) is 0 Å². The molecule has 1 heterocycles. The van der Waals surface area contributed by atoms with Crippen molar-refractivity contribution < 1.29 is 4.79 Å². The summed E-state index contributed by atoms with van der Waals surface area (Å²) in [5.74, 6) is 0.719. The summed E-state index contributed by atoms with van der Waals surface area (Å²) in [6.45, 7) is 2.04. The van der Waals surface area contributed by atoms with Gasteiger partial charge in [0.2, 0.25) is 5.91 Å². The number of nitrogens with zero attached hydrogens (tertiary/aromatic N) is 1. The number of hydrogen-bond acceptors (Lipinski definition) is 2. The number of amides is 1. The number of rotatable bonds is 2. The fourth-order valence-corrected chi connectivity index (χ4v) is 2.61. The molecule has 2 rings (SSSR count). The monoisotopic (exact) mass is 196 g/mol. The maximum Gasteiger partial charge on any atom is 0.225 e. The van der Waals surface area contributed by atoms with Crippen LogP contribution in [-0.4, -0.2) is 37.0 Å². The molecular weight excluding hydrogens is 176 g/mol. The zero-order valence-electron chi connectivity index (χ0n) is 8.96. The molecule has 3 nitrogen and oxygen atoms in total. The van der Waals surface area contributed by atoms with Crippen LogP contribution in [0.15, 0.2) is 0 Å². The lowest BCUT2D eigenvalue weighted by Gasteiger charge is -2.26. The van der Waals surface area contributed by atoms with Gasteiger partial charge < -0.3 is 10.2 Å². The van der Waals surface area contributed by atoms with Gasteiger partial charge in [-0.05, 0) is 25.8 Å². The molecule has 0 aromatic carbocycles. The normalized spacial score (nSPS) is 28.2. The molecule has 1 aliphatic heterocycles. The van der Waals surface area contributed by atoms with Crippen LogP contribution in [0.5, 0.6) is 0 Å². The lowest BCUT2D eigenvalue weighted by molar-refractivity contribution is -0.135. The van der Waals surface area contributed by atoms with Crippen molar-refractivity contribution in [2.75, 3.05) is 20.1 Å². The van der Waals surface area contributed by atoms with Crippen LogP contribution in [0.3, 0.4) is 0 Å². The van der Waals surface area contributed by atoms with E-state index in [9.17, 15) is 4.79 Å². The fraction of sp³-hybridized carbons (Fsp3) is 0.909. The van der Waals surface area contributed by atoms with Crippen molar-refractivity contribution in [3.05, 3.63) is 0 Å². The van der Waals surface area contributed by atoms with Crippen molar-refractivity contribution in [1.29, 1.82) is 0 Å². The number of likely N-dealkylation sites (N-methyl/N-ethyl adjacent to an activating group) is 1. The lowest BCUT2D eigenvalue weighted by Crippen LogP contribution is -2.41. The van der Waals surface area contributed by atoms with Gasteiger partial charge in [-0.15, -0.1) is 0 Å². The van der Waals surface area contributed by atoms with Crippen molar-refractivity contribution in [2.45, 2.75) is 38.1 Å². The predicted octanol–water partition coefficient (Wildman–Crippen LogP) is 0.997. The second-order valence-corrected chi connectivity index (χ2v) is 4.58. The Hall–Kier alpha value is -0.570. The molecule has 0 radical (unpaired) electrons. The van der Waals surface area contributed by atoms with E-state index in [4.69, 9.17) is 0 Å². The smallest absolute Gasteiger partial charge is 0.225 e. The van der Waals surface area contributed by atoms with Crippen LogP contribution in [0, 0.1) is 5.92 Å². The molecule has 0 spiro atoms. The van der Waals surface area contributed by atoms with Crippen molar-refractivity contribution in [1.82, 2.24) is 10.2 Å². The Morgan fingerprint density at radius 1 is 1.29 bits per heavy atom. The third-order valence-electron chi connectivity index (χ3n) is 3.63. The summed E-state index contributed by atoms with van der Waals surface area (Å²) >= 11 is 0. The Morgan fingerprint density at radius 3 is 2.57 bits per heavy atom. The Bertz CT molecular complexity index is 205. The van der Waals surface area contributed by atoms with E-state index in [0.717, 1.165) is 32.4 Å². The minimum absolute atomic E-state index is 0.334. The number of carbonyl (C=O) groups is 1. The van der Waals surface area contributed by atoms with E-state index in [1.165, 1.54) is 12.8 Å². The summed E-state index contributed by atoms with van der Waals surface area (Å²) in [5, 5.41) is 3.30. The van der Waals surface area contributed by atoms with Gasteiger partial charge in [-0.25, -0.2) is 0 Å². The van der Waals surface area contributed by atoms with E-state index >= 15 is 0 Å². The van der Waals surface area contributed by atoms with Gasteiger partial charge in [0.25, 0.3) is 0 Å². The van der Waals surface area contributed by atoms with Gasteiger partial charge in [0, 0.05) is 25.6 Å². The molecule has 0 aromatic rings. The average molecular weight is 196 g/mol. The molecule has 2 aliphatic rings. The Balaban J connectivity index is 1.89. The number of carbonyl (C=O) groups excluding carboxylic acids is 1. The highest BCUT2D eigenvalue weighted by Gasteiger charge is 2.30. The minimum atomic E-state index is 0.334. The summed E-state index contributed by atoms with van der Waals surface area (Å²) in [6, 6.07) is 0.447. The molecule has 80 valence electrons. The first-order valence-electron chi connectivity index (χ1n) is 5.76. The fourth-order valence-electron chi connectivity index (χ4n) is 2.61. The van der Waals surface area contributed by atoms with Gasteiger partial charge in [0.15, 0.2) is 0 Å². The van der Waals surface area contributed by atoms with Gasteiger partial charge in [-0.2, -0.15) is 0 Å². The third-order valence-corrected chi connectivity index (χ3v) is 3.63. The van der Waals surface area contributed by atoms with Crippen molar-refractivity contribution in [3.8, 4) is 0 Å². The Morgan fingerprint density at radius 2 is 2.00 bits per heavy atom. The van der Waals surface area contributed by atoms with E-state index in [-0.39, 0.29) is 0 Å². The Labute approximate surface area is 85.8 Å². The first-order chi connectivity index (χ1) is 6.79. The maximum atomic E-state index is 12.0. The molecule has 1 amide bonds. The van der Waals surface area contributed by atoms with Crippen LogP contribution in [0.2, 0.25) is 0 Å². The van der Waals surface area contributed by atoms with E-state index in [1.54, 1.807) is 0 Å². The molecular formula is C11H20N2O. The van der Waals surface area contributed by atoms with Gasteiger partial charge in [0.05, 0.1) is 0 Å². The van der Waals surface area contributed by atoms with E-state index in [2.05, 4.69) is 5.32 Å². The van der Waals surface area contributed by atoms with E-state index in [1.807, 2.05) is 11.9 Å². The van der Waals surface area contributed by atoms with Crippen LogP contribution in [0.25, 0.3) is 0 Å². The molecule has 1 aliphatic carbocycles. The quantitative estimate of drug-likeness (QED) is 0.714. The second-order valence-electron chi connectivity index (χ2n) is 4.58. The molecule has 3 heteroatoms. The molecule has 0 bridgehead atoms. The van der Waals surface area contributed by atoms with Gasteiger partial charge in [-0.3, -0.25) is 4.79 Å². The van der Waals surface area contributed by atoms with Gasteiger partial charge in [-0.1, -0.05) is 12.8 Å². The van der Waals surface area contributed by atoms with Crippen LogP contribution < -0.4 is 5.32 Å². The zero-order valence-corrected chi connectivity index (χ0v) is 8.96. The van der Waals surface area contributed by atoms with Gasteiger partial charge in [0.1, 0.15) is 0 Å². The summed E-state index contributed by atoms with van der Waals surface area (Å²) < 4.78 is 0. The zero-order chi connectivity index (χ0) is 9.97. The highest BCUT2D eigenvalue weighted by molar-refractivity contribution is 5.79. The average Bonchev–Trinajstić information content (AvgIpc) is 2.87. The van der Waals surface area contributed by atoms with Crippen molar-refractivity contribution in [3.63, 3.8) is 0 Å². The highest BCUT2D eigenvalue weighted by atomic mass is 16.2. The number of hydrogen-bond donors (Lipinski definition) is 1. The third kappa shape index (κ3) is 1.92. The first-order valence-corrected chi connectivity index (χ1v) is 5.76. The van der Waals surface area contributed by atoms with E-state index < -0.39 is 0 Å². The molecule has 1 N–H and O–H groups in total. The molecule has 0 aromatic heterocycles. The molecule has 1 atom stereocenters. The lowest BCUT2D eigenvalue weighted by atomic mass is 10.1. The van der Waals surface area contributed by atoms with Gasteiger partial charge >= 0.3 is 0 Å². The second kappa shape index (κ2) is 4.30. The largest absolute Gasteiger partial charge is 0.341 e. The first kappa shape index (κ1) is 9.97. The van der Waals surface area contributed by atoms with Crippen LogP contribution in [-0.2, 0) is 4.79 Å². The van der Waals surface area contributed by atoms with Crippen LogP contribution >= 0.6 is 0 Å². The molecule has 1 saturated heterocycles. The minimum Gasteiger partial charge on any atom is -0.341 e. The van der Waals surface area contributed by atoms with Crippen molar-refractivity contribution in [2.24, 2.45) is 5.92 Å². The van der Waals surface area contributed by atoms with Crippen molar-refractivity contribution >= 4 is 5.91 Å². The maximum absolute atomic E-state index is 12.0. The SMILES string of the molecule is CN(C(=O)C1CCCC1)C1CCNC1. The molecule has 1 saturated carbocycles. The predicted molar refractivity (Wildman–Crippen MR) is 56.0 cm³/mol. The number of nitrogens with one attached hydrogen (secondary N) is 1. The van der Waals surface area contributed by atoms with E-state index in [0.29, 0.717) is 17.9 Å². The Kier molecular flexibility index (Phi) is 3.06. The summed E-state index contributed by atoms with van der Waals surface area (Å²) in [7, 11) is 1.97. The summed E-state index contributed by atoms with van der Waals surface area (Å²) in [5.41, 5.74) is 0. The molecule has 1 unspecified atom stereocenters. The molecule has 14 heavy (non-hydrogen) atoms. The standard InChI is InChI=1S/C11H20N2O/c1-13(10-6-7-12-8-10)11(14)9-4-2-3-5-9/h9-10,12H,2-8H2,1H3.